The van der Waals surface area contributed by atoms with Crippen molar-refractivity contribution in [1.82, 2.24) is 4.98 Å². The number of carboxylic acid groups (broad SMARTS) is 1. The van der Waals surface area contributed by atoms with Crippen LogP contribution in [-0.4, -0.2) is 44.6 Å². The monoisotopic (exact) mass is 366 g/mol. The summed E-state index contributed by atoms with van der Waals surface area (Å²) >= 11 is 1.29. The highest BCUT2D eigenvalue weighted by Crippen LogP contribution is 2.32. The predicted molar refractivity (Wildman–Crippen MR) is 99.4 cm³/mol. The van der Waals surface area contributed by atoms with E-state index in [0.29, 0.717) is 23.1 Å². The number of ether oxygens (including phenoxy) is 1. The molecule has 1 aromatic rings. The molecule has 7 heteroatoms. The molecule has 0 unspecified atom stereocenters. The lowest BCUT2D eigenvalue weighted by molar-refractivity contribution is -0.137. The number of rotatable bonds is 6. The zero-order chi connectivity index (χ0) is 18.8. The minimum absolute atomic E-state index is 0.0118. The number of hydrogen-bond donors (Lipinski definition) is 2. The summed E-state index contributed by atoms with van der Waals surface area (Å²) in [7, 11) is 0. The smallest absolute Gasteiger partial charge is 0.329 e. The van der Waals surface area contributed by atoms with Gasteiger partial charge in [-0.3, -0.25) is 4.99 Å². The van der Waals surface area contributed by atoms with E-state index < -0.39 is 17.6 Å². The summed E-state index contributed by atoms with van der Waals surface area (Å²) in [5, 5.41) is 19.8. The zero-order valence-electron chi connectivity index (χ0n) is 15.4. The molecule has 2 rings (SSSR count). The number of aromatic nitrogens is 1. The molecule has 0 aliphatic carbocycles. The van der Waals surface area contributed by atoms with Crippen molar-refractivity contribution in [3.05, 3.63) is 23.5 Å². The van der Waals surface area contributed by atoms with Crippen molar-refractivity contribution in [2.45, 2.75) is 52.7 Å². The van der Waals surface area contributed by atoms with E-state index in [1.165, 1.54) is 11.8 Å². The fourth-order valence-corrected chi connectivity index (χ4v) is 3.30. The summed E-state index contributed by atoms with van der Waals surface area (Å²) in [4.78, 5) is 19.4. The molecule has 1 aromatic heterocycles. The van der Waals surface area contributed by atoms with Crippen molar-refractivity contribution in [3.63, 3.8) is 0 Å². The Bertz CT molecular complexity index is 680. The highest BCUT2D eigenvalue weighted by molar-refractivity contribution is 8.14. The molecule has 0 saturated heterocycles. The standard InChI is InChI=1S/C18H26N2O4S/c1-17(2,3)6-7-24-18(4,5)11-8-13(21)14(19-9-11)15-20-12(10-25-15)16(22)23/h8-9,12,21H,6-7,10H2,1-5H3,(H,22,23)/t12-/m1/s1. The number of aromatic hydroxyl groups is 1. The first-order valence-electron chi connectivity index (χ1n) is 8.27. The van der Waals surface area contributed by atoms with Gasteiger partial charge in [-0.1, -0.05) is 20.8 Å². The van der Waals surface area contributed by atoms with Gasteiger partial charge in [-0.25, -0.2) is 9.78 Å². The van der Waals surface area contributed by atoms with Crippen LogP contribution >= 0.6 is 11.8 Å². The van der Waals surface area contributed by atoms with E-state index in [4.69, 9.17) is 9.84 Å². The van der Waals surface area contributed by atoms with Crippen LogP contribution in [0.3, 0.4) is 0 Å². The summed E-state index contributed by atoms with van der Waals surface area (Å²) < 4.78 is 6.00. The topological polar surface area (TPSA) is 92.0 Å². The Labute approximate surface area is 152 Å². The quantitative estimate of drug-likeness (QED) is 0.801. The molecule has 6 nitrogen and oxygen atoms in total. The van der Waals surface area contributed by atoms with Gasteiger partial charge in [0.2, 0.25) is 0 Å². The SMILES string of the molecule is CC(C)(C)CCOC(C)(C)c1cnc(C2=N[C@@H](C(=O)O)CS2)c(O)c1. The van der Waals surface area contributed by atoms with Crippen LogP contribution in [0.5, 0.6) is 5.75 Å². The van der Waals surface area contributed by atoms with Crippen LogP contribution in [-0.2, 0) is 15.1 Å². The molecule has 138 valence electrons. The Hall–Kier alpha value is -1.60. The van der Waals surface area contributed by atoms with E-state index >= 15 is 0 Å². The molecule has 1 aliphatic rings. The summed E-state index contributed by atoms with van der Waals surface area (Å²) in [6.07, 6.45) is 2.58. The third kappa shape index (κ3) is 5.19. The van der Waals surface area contributed by atoms with Crippen molar-refractivity contribution < 1.29 is 19.7 Å². The maximum atomic E-state index is 11.0. The molecular formula is C18H26N2O4S. The van der Waals surface area contributed by atoms with Gasteiger partial charge in [-0.05, 0) is 31.7 Å². The summed E-state index contributed by atoms with van der Waals surface area (Å²) in [6.45, 7) is 11.0. The Morgan fingerprint density at radius 2 is 2.04 bits per heavy atom. The maximum absolute atomic E-state index is 11.0. The highest BCUT2D eigenvalue weighted by atomic mass is 32.2. The van der Waals surface area contributed by atoms with Gasteiger partial charge in [0.05, 0.1) is 5.60 Å². The number of carboxylic acids is 1. The average molecular weight is 366 g/mol. The van der Waals surface area contributed by atoms with Gasteiger partial charge >= 0.3 is 5.97 Å². The minimum atomic E-state index is -0.966. The van der Waals surface area contributed by atoms with Crippen molar-refractivity contribution in [3.8, 4) is 5.75 Å². The molecule has 0 radical (unpaired) electrons. The van der Waals surface area contributed by atoms with Crippen LogP contribution in [0.25, 0.3) is 0 Å². The first-order chi connectivity index (χ1) is 11.5. The van der Waals surface area contributed by atoms with Crippen LogP contribution in [0.4, 0.5) is 0 Å². The Morgan fingerprint density at radius 3 is 2.56 bits per heavy atom. The van der Waals surface area contributed by atoms with E-state index in [2.05, 4.69) is 30.7 Å². The fourth-order valence-electron chi connectivity index (χ4n) is 2.27. The number of pyridine rings is 1. The third-order valence-electron chi connectivity index (χ3n) is 4.02. The van der Waals surface area contributed by atoms with E-state index in [0.717, 1.165) is 12.0 Å². The summed E-state index contributed by atoms with van der Waals surface area (Å²) in [5.74, 6) is -0.621. The van der Waals surface area contributed by atoms with E-state index in [1.54, 1.807) is 12.3 Å². The molecule has 1 aliphatic heterocycles. The molecule has 0 amide bonds. The second-order valence-electron chi connectivity index (χ2n) is 7.86. The molecule has 0 spiro atoms. The Balaban J connectivity index is 2.13. The minimum Gasteiger partial charge on any atom is -0.506 e. The molecule has 0 aromatic carbocycles. The number of aliphatic imine (C=N–C) groups is 1. The first kappa shape index (κ1) is 19.7. The number of nitrogens with zero attached hydrogens (tertiary/aromatic N) is 2. The molecule has 2 N–H and O–H groups in total. The van der Waals surface area contributed by atoms with Crippen molar-refractivity contribution in [1.29, 1.82) is 0 Å². The fraction of sp³-hybridized carbons (Fsp3) is 0.611. The molecule has 0 bridgehead atoms. The summed E-state index contributed by atoms with van der Waals surface area (Å²) in [6, 6.07) is 0.842. The van der Waals surface area contributed by atoms with E-state index in [1.807, 2.05) is 13.8 Å². The lowest BCUT2D eigenvalue weighted by Crippen LogP contribution is -2.24. The van der Waals surface area contributed by atoms with Gasteiger partial charge in [-0.15, -0.1) is 11.8 Å². The van der Waals surface area contributed by atoms with Gasteiger partial charge in [0.15, 0.2) is 6.04 Å². The van der Waals surface area contributed by atoms with Crippen molar-refractivity contribution in [2.24, 2.45) is 10.4 Å². The lowest BCUT2D eigenvalue weighted by atomic mass is 9.92. The first-order valence-corrected chi connectivity index (χ1v) is 9.25. The van der Waals surface area contributed by atoms with E-state index in [-0.39, 0.29) is 11.2 Å². The molecule has 1 atom stereocenters. The highest BCUT2D eigenvalue weighted by Gasteiger charge is 2.29. The molecule has 2 heterocycles. The van der Waals surface area contributed by atoms with Gasteiger partial charge in [0.25, 0.3) is 0 Å². The van der Waals surface area contributed by atoms with Gasteiger partial charge < -0.3 is 14.9 Å². The normalized spacial score (nSPS) is 18.3. The number of thioether (sulfide) groups is 1. The molecular weight excluding hydrogens is 340 g/mol. The number of aliphatic carboxylic acids is 1. The second-order valence-corrected chi connectivity index (χ2v) is 8.87. The van der Waals surface area contributed by atoms with Crippen molar-refractivity contribution in [2.75, 3.05) is 12.4 Å². The van der Waals surface area contributed by atoms with Crippen LogP contribution in [0.2, 0.25) is 0 Å². The van der Waals surface area contributed by atoms with Crippen LogP contribution < -0.4 is 0 Å². The largest absolute Gasteiger partial charge is 0.506 e. The Morgan fingerprint density at radius 1 is 1.36 bits per heavy atom. The summed E-state index contributed by atoms with van der Waals surface area (Å²) in [5.41, 5.74) is 0.700. The van der Waals surface area contributed by atoms with Crippen LogP contribution in [0, 0.1) is 5.41 Å². The molecule has 0 fully saturated rings. The van der Waals surface area contributed by atoms with Crippen LogP contribution in [0.1, 0.15) is 52.3 Å². The molecule has 0 saturated carbocycles. The van der Waals surface area contributed by atoms with Crippen molar-refractivity contribution >= 4 is 22.8 Å². The predicted octanol–water partition coefficient (Wildman–Crippen LogP) is 3.42. The van der Waals surface area contributed by atoms with Gasteiger partial charge in [0.1, 0.15) is 16.5 Å². The maximum Gasteiger partial charge on any atom is 0.329 e. The molecule has 25 heavy (non-hydrogen) atoms. The Kier molecular flexibility index (Phi) is 5.79. The van der Waals surface area contributed by atoms with Gasteiger partial charge in [0, 0.05) is 24.1 Å². The average Bonchev–Trinajstić information content (AvgIpc) is 2.95. The van der Waals surface area contributed by atoms with Gasteiger partial charge in [-0.2, -0.15) is 0 Å². The van der Waals surface area contributed by atoms with E-state index in [9.17, 15) is 9.90 Å². The number of hydrogen-bond acceptors (Lipinski definition) is 6. The lowest BCUT2D eigenvalue weighted by Gasteiger charge is -2.28. The zero-order valence-corrected chi connectivity index (χ0v) is 16.2. The third-order valence-corrected chi connectivity index (χ3v) is 5.07. The van der Waals surface area contributed by atoms with Crippen LogP contribution in [0.15, 0.2) is 17.3 Å². The second kappa shape index (κ2) is 7.33. The number of carbonyl (C=O) groups is 1.